The molecule has 1 N–H and O–H groups in total. The lowest BCUT2D eigenvalue weighted by Crippen LogP contribution is -2.12. The summed E-state index contributed by atoms with van der Waals surface area (Å²) in [5.74, 6) is 0.673. The van der Waals surface area contributed by atoms with E-state index in [0.29, 0.717) is 19.0 Å². The van der Waals surface area contributed by atoms with Crippen LogP contribution in [-0.2, 0) is 6.54 Å². The first kappa shape index (κ1) is 9.69. The van der Waals surface area contributed by atoms with Gasteiger partial charge in [0, 0.05) is 13.5 Å². The summed E-state index contributed by atoms with van der Waals surface area (Å²) in [6.07, 6.45) is 0. The van der Waals surface area contributed by atoms with E-state index in [1.165, 1.54) is 0 Å². The molecule has 0 bridgehead atoms. The van der Waals surface area contributed by atoms with Crippen molar-refractivity contribution in [2.75, 3.05) is 6.54 Å². The summed E-state index contributed by atoms with van der Waals surface area (Å²) in [6, 6.07) is 7.87. The zero-order chi connectivity index (χ0) is 10.7. The molecule has 4 heteroatoms. The number of benzene rings is 1. The fourth-order valence-electron chi connectivity index (χ4n) is 1.46. The summed E-state index contributed by atoms with van der Waals surface area (Å²) in [4.78, 5) is 4.24. The summed E-state index contributed by atoms with van der Waals surface area (Å²) >= 11 is 0. The first-order chi connectivity index (χ1) is 7.29. The normalized spacial score (nSPS) is 10.4. The highest BCUT2D eigenvalue weighted by molar-refractivity contribution is 5.73. The van der Waals surface area contributed by atoms with E-state index in [1.54, 1.807) is 0 Å². The Morgan fingerprint density at radius 2 is 2.40 bits per heavy atom. The molecule has 1 heterocycles. The Balaban J connectivity index is 2.19. The average molecular weight is 201 g/mol. The van der Waals surface area contributed by atoms with Gasteiger partial charge in [0.15, 0.2) is 11.5 Å². The van der Waals surface area contributed by atoms with Crippen molar-refractivity contribution >= 4 is 11.1 Å². The van der Waals surface area contributed by atoms with Gasteiger partial charge in [-0.15, -0.1) is 0 Å². The van der Waals surface area contributed by atoms with Crippen molar-refractivity contribution in [3.8, 4) is 6.07 Å². The van der Waals surface area contributed by atoms with Crippen LogP contribution in [0.25, 0.3) is 11.1 Å². The lowest BCUT2D eigenvalue weighted by Gasteiger charge is -1.99. The minimum Gasteiger partial charge on any atom is -0.441 e. The largest absolute Gasteiger partial charge is 0.441 e. The molecule has 0 fully saturated rings. The van der Waals surface area contributed by atoms with Crippen molar-refractivity contribution in [2.45, 2.75) is 13.5 Å². The second kappa shape index (κ2) is 4.11. The van der Waals surface area contributed by atoms with Gasteiger partial charge in [-0.2, -0.15) is 5.26 Å². The highest BCUT2D eigenvalue weighted by Gasteiger charge is 2.02. The molecular formula is C11H11N3O. The predicted molar refractivity (Wildman–Crippen MR) is 56.1 cm³/mol. The summed E-state index contributed by atoms with van der Waals surface area (Å²) in [5.41, 5.74) is 2.77. The first-order valence-electron chi connectivity index (χ1n) is 4.73. The van der Waals surface area contributed by atoms with Gasteiger partial charge in [0.25, 0.3) is 0 Å². The van der Waals surface area contributed by atoms with Gasteiger partial charge >= 0.3 is 0 Å². The first-order valence-corrected chi connectivity index (χ1v) is 4.73. The Kier molecular flexibility index (Phi) is 2.66. The minimum absolute atomic E-state index is 0.357. The molecule has 2 aromatic rings. The van der Waals surface area contributed by atoms with Crippen molar-refractivity contribution in [1.82, 2.24) is 10.3 Å². The summed E-state index contributed by atoms with van der Waals surface area (Å²) in [6.45, 7) is 2.86. The number of nitriles is 1. The molecule has 0 radical (unpaired) electrons. The molecule has 4 nitrogen and oxygen atoms in total. The number of oxazole rings is 1. The van der Waals surface area contributed by atoms with Crippen molar-refractivity contribution in [3.63, 3.8) is 0 Å². The molecule has 15 heavy (non-hydrogen) atoms. The van der Waals surface area contributed by atoms with Crippen LogP contribution in [0.2, 0.25) is 0 Å². The van der Waals surface area contributed by atoms with Crippen molar-refractivity contribution < 1.29 is 4.42 Å². The number of aromatic nitrogens is 1. The van der Waals surface area contributed by atoms with Gasteiger partial charge in [-0.1, -0.05) is 6.07 Å². The fourth-order valence-corrected chi connectivity index (χ4v) is 1.46. The molecule has 76 valence electrons. The molecule has 0 aliphatic rings. The van der Waals surface area contributed by atoms with Gasteiger partial charge in [0.2, 0.25) is 0 Å². The third kappa shape index (κ3) is 2.14. The molecule has 0 spiro atoms. The van der Waals surface area contributed by atoms with Crippen molar-refractivity contribution in [1.29, 1.82) is 5.26 Å². The Hall–Kier alpha value is -1.86. The quantitative estimate of drug-likeness (QED) is 0.607. The van der Waals surface area contributed by atoms with Crippen LogP contribution in [0.15, 0.2) is 22.6 Å². The van der Waals surface area contributed by atoms with E-state index in [9.17, 15) is 0 Å². The van der Waals surface area contributed by atoms with Crippen LogP contribution in [0.4, 0.5) is 0 Å². The maximum atomic E-state index is 8.38. The van der Waals surface area contributed by atoms with Gasteiger partial charge in [-0.3, -0.25) is 0 Å². The molecule has 1 aromatic heterocycles. The van der Waals surface area contributed by atoms with Crippen LogP contribution in [-0.4, -0.2) is 11.5 Å². The molecule has 0 saturated carbocycles. The smallest absolute Gasteiger partial charge is 0.192 e. The Bertz CT molecular complexity index is 510. The number of hydrogen-bond donors (Lipinski definition) is 1. The van der Waals surface area contributed by atoms with Crippen LogP contribution in [0.3, 0.4) is 0 Å². The second-order valence-electron chi connectivity index (χ2n) is 3.30. The molecule has 0 aliphatic heterocycles. The van der Waals surface area contributed by atoms with Crippen LogP contribution >= 0.6 is 0 Å². The monoisotopic (exact) mass is 201 g/mol. The van der Waals surface area contributed by atoms with E-state index >= 15 is 0 Å². The van der Waals surface area contributed by atoms with E-state index in [4.69, 9.17) is 9.68 Å². The summed E-state index contributed by atoms with van der Waals surface area (Å²) < 4.78 is 5.36. The van der Waals surface area contributed by atoms with E-state index in [-0.39, 0.29) is 0 Å². The van der Waals surface area contributed by atoms with Crippen LogP contribution in [0.5, 0.6) is 0 Å². The Labute approximate surface area is 87.5 Å². The highest BCUT2D eigenvalue weighted by atomic mass is 16.3. The molecule has 1 aromatic carbocycles. The average Bonchev–Trinajstić information content (AvgIpc) is 2.57. The van der Waals surface area contributed by atoms with Gasteiger partial charge in [0.1, 0.15) is 5.52 Å². The zero-order valence-electron chi connectivity index (χ0n) is 8.45. The standard InChI is InChI=1S/C11H11N3O/c1-8-14-10-6-9(7-13-5-4-12)2-3-11(10)15-8/h2-3,6,13H,5,7H2,1H3. The SMILES string of the molecule is Cc1nc2cc(CNCC#N)ccc2o1. The highest BCUT2D eigenvalue weighted by Crippen LogP contribution is 2.16. The molecule has 0 saturated heterocycles. The Morgan fingerprint density at radius 1 is 1.53 bits per heavy atom. The molecule has 2 rings (SSSR count). The predicted octanol–water partition coefficient (Wildman–Crippen LogP) is 1.75. The van der Waals surface area contributed by atoms with Gasteiger partial charge < -0.3 is 9.73 Å². The van der Waals surface area contributed by atoms with Crippen LogP contribution in [0.1, 0.15) is 11.5 Å². The second-order valence-corrected chi connectivity index (χ2v) is 3.30. The minimum atomic E-state index is 0.357. The van der Waals surface area contributed by atoms with Gasteiger partial charge in [-0.05, 0) is 17.7 Å². The van der Waals surface area contributed by atoms with E-state index in [0.717, 1.165) is 16.7 Å². The van der Waals surface area contributed by atoms with E-state index < -0.39 is 0 Å². The number of nitrogens with zero attached hydrogens (tertiary/aromatic N) is 2. The molecular weight excluding hydrogens is 190 g/mol. The molecule has 0 unspecified atom stereocenters. The molecule has 0 aliphatic carbocycles. The maximum absolute atomic E-state index is 8.38. The molecule has 0 amide bonds. The lowest BCUT2D eigenvalue weighted by atomic mass is 10.2. The maximum Gasteiger partial charge on any atom is 0.192 e. The van der Waals surface area contributed by atoms with E-state index in [1.807, 2.05) is 31.2 Å². The van der Waals surface area contributed by atoms with Gasteiger partial charge in [-0.25, -0.2) is 4.98 Å². The zero-order valence-corrected chi connectivity index (χ0v) is 8.45. The number of nitrogens with one attached hydrogen (secondary N) is 1. The van der Waals surface area contributed by atoms with Gasteiger partial charge in [0.05, 0.1) is 12.6 Å². The lowest BCUT2D eigenvalue weighted by molar-refractivity contribution is 0.561. The third-order valence-electron chi connectivity index (χ3n) is 2.09. The van der Waals surface area contributed by atoms with E-state index in [2.05, 4.69) is 10.3 Å². The summed E-state index contributed by atoms with van der Waals surface area (Å²) in [5, 5.41) is 11.4. The van der Waals surface area contributed by atoms with Crippen LogP contribution < -0.4 is 5.32 Å². The fraction of sp³-hybridized carbons (Fsp3) is 0.273. The topological polar surface area (TPSA) is 61.9 Å². The Morgan fingerprint density at radius 3 is 3.20 bits per heavy atom. The summed E-state index contributed by atoms with van der Waals surface area (Å²) in [7, 11) is 0. The number of fused-ring (bicyclic) bond motifs is 1. The third-order valence-corrected chi connectivity index (χ3v) is 2.09. The number of rotatable bonds is 3. The van der Waals surface area contributed by atoms with Crippen LogP contribution in [0, 0.1) is 18.3 Å². The number of aryl methyl sites for hydroxylation is 1. The van der Waals surface area contributed by atoms with Crippen molar-refractivity contribution in [3.05, 3.63) is 29.7 Å². The molecule has 0 atom stereocenters. The van der Waals surface area contributed by atoms with Crippen molar-refractivity contribution in [2.24, 2.45) is 0 Å². The number of hydrogen-bond acceptors (Lipinski definition) is 4.